The van der Waals surface area contributed by atoms with Crippen LogP contribution in [0, 0.1) is 0 Å². The molecule has 0 saturated heterocycles. The quantitative estimate of drug-likeness (QED) is 0.824. The zero-order valence-corrected chi connectivity index (χ0v) is 10.9. The number of benzene rings is 1. The van der Waals surface area contributed by atoms with Crippen LogP contribution in [0.1, 0.15) is 5.56 Å². The Labute approximate surface area is 111 Å². The maximum atomic E-state index is 5.75. The predicted molar refractivity (Wildman–Crippen MR) is 71.3 cm³/mol. The fraction of sp³-hybridized carbons (Fsp3) is 0.214. The third-order valence-electron chi connectivity index (χ3n) is 2.44. The van der Waals surface area contributed by atoms with Crippen LogP contribution in [0.3, 0.4) is 0 Å². The Morgan fingerprint density at radius 1 is 1.11 bits per heavy atom. The van der Waals surface area contributed by atoms with Crippen molar-refractivity contribution in [2.45, 2.75) is 6.42 Å². The van der Waals surface area contributed by atoms with Gasteiger partial charge in [-0.25, -0.2) is 4.98 Å². The average molecular weight is 264 g/mol. The molecule has 4 heteroatoms. The van der Waals surface area contributed by atoms with Crippen LogP contribution in [0.4, 0.5) is 0 Å². The van der Waals surface area contributed by atoms with Crippen LogP contribution in [-0.2, 0) is 11.2 Å². The third kappa shape index (κ3) is 3.72. The van der Waals surface area contributed by atoms with Crippen LogP contribution in [0.5, 0.6) is 11.6 Å². The number of nitrogens with zero attached hydrogens (tertiary/aromatic N) is 1. The number of hydrogen-bond acceptors (Lipinski definition) is 3. The zero-order chi connectivity index (χ0) is 12.8. The van der Waals surface area contributed by atoms with Gasteiger partial charge in [0.1, 0.15) is 5.75 Å². The molecule has 1 aromatic heterocycles. The standard InChI is InChI=1S/C14H14ClNO2/c1-17-9-8-11-2-5-13(6-3-11)18-14-7-4-12(15)10-16-14/h2-7,10H,8-9H2,1H3. The van der Waals surface area contributed by atoms with Crippen molar-refractivity contribution in [2.24, 2.45) is 0 Å². The number of ether oxygens (including phenoxy) is 2. The summed E-state index contributed by atoms with van der Waals surface area (Å²) in [5.41, 5.74) is 1.22. The van der Waals surface area contributed by atoms with Gasteiger partial charge in [-0.1, -0.05) is 23.7 Å². The molecule has 0 spiro atoms. The summed E-state index contributed by atoms with van der Waals surface area (Å²) in [5, 5.41) is 0.595. The Morgan fingerprint density at radius 3 is 2.50 bits per heavy atom. The fourth-order valence-corrected chi connectivity index (χ4v) is 1.60. The van der Waals surface area contributed by atoms with Crippen molar-refractivity contribution in [3.05, 3.63) is 53.2 Å². The van der Waals surface area contributed by atoms with Crippen molar-refractivity contribution >= 4 is 11.6 Å². The molecule has 0 aliphatic heterocycles. The molecule has 0 bridgehead atoms. The second kappa shape index (κ2) is 6.38. The molecule has 0 atom stereocenters. The first-order valence-electron chi connectivity index (χ1n) is 5.65. The van der Waals surface area contributed by atoms with Gasteiger partial charge in [0.15, 0.2) is 0 Å². The fourth-order valence-electron chi connectivity index (χ4n) is 1.49. The highest BCUT2D eigenvalue weighted by Crippen LogP contribution is 2.20. The second-order valence-corrected chi connectivity index (χ2v) is 4.24. The first-order chi connectivity index (χ1) is 8.78. The van der Waals surface area contributed by atoms with Gasteiger partial charge >= 0.3 is 0 Å². The minimum absolute atomic E-state index is 0.532. The lowest BCUT2D eigenvalue weighted by Crippen LogP contribution is -1.94. The highest BCUT2D eigenvalue weighted by atomic mass is 35.5. The highest BCUT2D eigenvalue weighted by Gasteiger charge is 1.99. The van der Waals surface area contributed by atoms with Gasteiger partial charge in [0.2, 0.25) is 5.88 Å². The largest absolute Gasteiger partial charge is 0.439 e. The van der Waals surface area contributed by atoms with E-state index >= 15 is 0 Å². The van der Waals surface area contributed by atoms with Crippen molar-refractivity contribution in [2.75, 3.05) is 13.7 Å². The Kier molecular flexibility index (Phi) is 4.56. The molecule has 2 rings (SSSR count). The van der Waals surface area contributed by atoms with Crippen LogP contribution in [0.2, 0.25) is 5.02 Å². The lowest BCUT2D eigenvalue weighted by molar-refractivity contribution is 0.202. The molecule has 2 aromatic rings. The van der Waals surface area contributed by atoms with Gasteiger partial charge in [0, 0.05) is 19.4 Å². The number of halogens is 1. The zero-order valence-electron chi connectivity index (χ0n) is 10.1. The number of methoxy groups -OCH3 is 1. The van der Waals surface area contributed by atoms with E-state index in [4.69, 9.17) is 21.1 Å². The summed E-state index contributed by atoms with van der Waals surface area (Å²) in [4.78, 5) is 4.07. The number of pyridine rings is 1. The predicted octanol–water partition coefficient (Wildman–Crippen LogP) is 3.72. The summed E-state index contributed by atoms with van der Waals surface area (Å²) in [5.74, 6) is 1.29. The summed E-state index contributed by atoms with van der Waals surface area (Å²) in [6.07, 6.45) is 2.46. The minimum atomic E-state index is 0.532. The molecule has 3 nitrogen and oxygen atoms in total. The van der Waals surface area contributed by atoms with Crippen LogP contribution >= 0.6 is 11.6 Å². The summed E-state index contributed by atoms with van der Waals surface area (Å²) in [6, 6.07) is 11.4. The number of aromatic nitrogens is 1. The summed E-state index contributed by atoms with van der Waals surface area (Å²) in [6.45, 7) is 0.721. The Bertz CT molecular complexity index is 482. The Balaban J connectivity index is 1.99. The van der Waals surface area contributed by atoms with E-state index < -0.39 is 0 Å². The molecule has 0 aliphatic rings. The van der Waals surface area contributed by atoms with Crippen molar-refractivity contribution in [1.29, 1.82) is 0 Å². The average Bonchev–Trinajstić information content (AvgIpc) is 2.41. The van der Waals surface area contributed by atoms with Gasteiger partial charge in [0.05, 0.1) is 11.6 Å². The lowest BCUT2D eigenvalue weighted by atomic mass is 10.1. The Hall–Kier alpha value is -1.58. The van der Waals surface area contributed by atoms with E-state index in [9.17, 15) is 0 Å². The molecule has 94 valence electrons. The van der Waals surface area contributed by atoms with Crippen molar-refractivity contribution in [1.82, 2.24) is 4.98 Å². The highest BCUT2D eigenvalue weighted by molar-refractivity contribution is 6.30. The van der Waals surface area contributed by atoms with Crippen LogP contribution in [0.25, 0.3) is 0 Å². The van der Waals surface area contributed by atoms with Crippen LogP contribution in [-0.4, -0.2) is 18.7 Å². The van der Waals surface area contributed by atoms with E-state index in [1.165, 1.54) is 5.56 Å². The van der Waals surface area contributed by atoms with Gasteiger partial charge in [-0.15, -0.1) is 0 Å². The summed E-state index contributed by atoms with van der Waals surface area (Å²) < 4.78 is 10.6. The second-order valence-electron chi connectivity index (χ2n) is 3.80. The maximum Gasteiger partial charge on any atom is 0.219 e. The van der Waals surface area contributed by atoms with E-state index in [0.717, 1.165) is 18.8 Å². The van der Waals surface area contributed by atoms with E-state index in [0.29, 0.717) is 10.9 Å². The van der Waals surface area contributed by atoms with Crippen molar-refractivity contribution in [3.8, 4) is 11.6 Å². The molecular formula is C14H14ClNO2. The van der Waals surface area contributed by atoms with Gasteiger partial charge < -0.3 is 9.47 Å². The third-order valence-corrected chi connectivity index (χ3v) is 2.66. The first kappa shape index (κ1) is 12.9. The number of hydrogen-bond donors (Lipinski definition) is 0. The number of rotatable bonds is 5. The van der Waals surface area contributed by atoms with E-state index in [1.807, 2.05) is 24.3 Å². The van der Waals surface area contributed by atoms with Crippen molar-refractivity contribution < 1.29 is 9.47 Å². The topological polar surface area (TPSA) is 31.4 Å². The molecule has 0 unspecified atom stereocenters. The molecule has 1 heterocycles. The Morgan fingerprint density at radius 2 is 1.89 bits per heavy atom. The van der Waals surface area contributed by atoms with Gasteiger partial charge in [-0.05, 0) is 30.2 Å². The molecule has 0 radical (unpaired) electrons. The molecule has 0 aliphatic carbocycles. The van der Waals surface area contributed by atoms with E-state index in [-0.39, 0.29) is 0 Å². The van der Waals surface area contributed by atoms with Crippen LogP contribution < -0.4 is 4.74 Å². The van der Waals surface area contributed by atoms with Crippen LogP contribution in [0.15, 0.2) is 42.6 Å². The minimum Gasteiger partial charge on any atom is -0.439 e. The molecule has 18 heavy (non-hydrogen) atoms. The normalized spacial score (nSPS) is 10.3. The molecule has 0 N–H and O–H groups in total. The van der Waals surface area contributed by atoms with Gasteiger partial charge in [-0.3, -0.25) is 0 Å². The molecular weight excluding hydrogens is 250 g/mol. The SMILES string of the molecule is COCCc1ccc(Oc2ccc(Cl)cn2)cc1. The smallest absolute Gasteiger partial charge is 0.219 e. The molecule has 0 saturated carbocycles. The van der Waals surface area contributed by atoms with E-state index in [1.54, 1.807) is 25.4 Å². The lowest BCUT2D eigenvalue weighted by Gasteiger charge is -2.05. The first-order valence-corrected chi connectivity index (χ1v) is 6.03. The maximum absolute atomic E-state index is 5.75. The summed E-state index contributed by atoms with van der Waals surface area (Å²) >= 11 is 5.75. The van der Waals surface area contributed by atoms with Crippen molar-refractivity contribution in [3.63, 3.8) is 0 Å². The molecule has 0 fully saturated rings. The van der Waals surface area contributed by atoms with Gasteiger partial charge in [-0.2, -0.15) is 0 Å². The summed E-state index contributed by atoms with van der Waals surface area (Å²) in [7, 11) is 1.70. The monoisotopic (exact) mass is 263 g/mol. The van der Waals surface area contributed by atoms with Gasteiger partial charge in [0.25, 0.3) is 0 Å². The molecule has 1 aromatic carbocycles. The van der Waals surface area contributed by atoms with E-state index in [2.05, 4.69) is 4.98 Å². The molecule has 0 amide bonds.